The smallest absolute Gasteiger partial charge is 0.122 e. The molecule has 0 radical (unpaired) electrons. The molecule has 1 N–H and O–H groups in total. The number of hydrogen-bond donors (Lipinski definition) is 1. The lowest BCUT2D eigenvalue weighted by Crippen LogP contribution is -2.43. The molecule has 1 aliphatic rings. The quantitative estimate of drug-likeness (QED) is 0.806. The van der Waals surface area contributed by atoms with E-state index in [2.05, 4.69) is 42.3 Å². The van der Waals surface area contributed by atoms with Crippen LogP contribution in [-0.2, 0) is 0 Å². The van der Waals surface area contributed by atoms with Crippen molar-refractivity contribution in [3.63, 3.8) is 0 Å². The Morgan fingerprint density at radius 1 is 1.22 bits per heavy atom. The molecule has 0 unspecified atom stereocenters. The Morgan fingerprint density at radius 3 is 2.78 bits per heavy atom. The van der Waals surface area contributed by atoms with Crippen molar-refractivity contribution in [1.82, 2.24) is 10.2 Å². The number of piperazine rings is 1. The molecule has 0 aliphatic carbocycles. The molecular formula is C15H24N2O. The van der Waals surface area contributed by atoms with E-state index in [1.54, 1.807) is 0 Å². The van der Waals surface area contributed by atoms with E-state index in [0.29, 0.717) is 0 Å². The predicted molar refractivity (Wildman–Crippen MR) is 75.3 cm³/mol. The number of nitrogens with zero attached hydrogens (tertiary/aromatic N) is 1. The van der Waals surface area contributed by atoms with Crippen LogP contribution in [0.25, 0.3) is 0 Å². The van der Waals surface area contributed by atoms with Crippen LogP contribution >= 0.6 is 0 Å². The Hall–Kier alpha value is -1.06. The van der Waals surface area contributed by atoms with E-state index in [0.717, 1.165) is 38.4 Å². The molecule has 0 spiro atoms. The third-order valence-corrected chi connectivity index (χ3v) is 3.43. The van der Waals surface area contributed by atoms with Gasteiger partial charge in [0.2, 0.25) is 0 Å². The second kappa shape index (κ2) is 6.76. The third-order valence-electron chi connectivity index (χ3n) is 3.43. The van der Waals surface area contributed by atoms with Crippen LogP contribution < -0.4 is 10.1 Å². The highest BCUT2D eigenvalue weighted by molar-refractivity contribution is 5.35. The molecule has 1 aromatic carbocycles. The summed E-state index contributed by atoms with van der Waals surface area (Å²) in [4.78, 5) is 2.50. The van der Waals surface area contributed by atoms with Crippen LogP contribution in [0.15, 0.2) is 18.2 Å². The van der Waals surface area contributed by atoms with Crippen molar-refractivity contribution in [3.8, 4) is 5.75 Å². The van der Waals surface area contributed by atoms with Gasteiger partial charge in [0.15, 0.2) is 0 Å². The zero-order valence-electron chi connectivity index (χ0n) is 11.5. The van der Waals surface area contributed by atoms with Crippen LogP contribution in [0.4, 0.5) is 0 Å². The molecule has 0 saturated carbocycles. The molecular weight excluding hydrogens is 224 g/mol. The van der Waals surface area contributed by atoms with Crippen LogP contribution in [-0.4, -0.2) is 44.2 Å². The van der Waals surface area contributed by atoms with Crippen molar-refractivity contribution < 1.29 is 4.74 Å². The second-order valence-corrected chi connectivity index (χ2v) is 5.06. The molecule has 0 bridgehead atoms. The minimum atomic E-state index is 0.814. The highest BCUT2D eigenvalue weighted by Gasteiger charge is 2.08. The van der Waals surface area contributed by atoms with E-state index in [1.807, 2.05) is 0 Å². The first-order valence-corrected chi connectivity index (χ1v) is 6.89. The van der Waals surface area contributed by atoms with Crippen molar-refractivity contribution >= 4 is 0 Å². The lowest BCUT2D eigenvalue weighted by molar-refractivity contribution is 0.213. The summed E-state index contributed by atoms with van der Waals surface area (Å²) in [7, 11) is 0. The first-order chi connectivity index (χ1) is 8.75. The fourth-order valence-electron chi connectivity index (χ4n) is 2.27. The van der Waals surface area contributed by atoms with E-state index in [9.17, 15) is 0 Å². The van der Waals surface area contributed by atoms with Gasteiger partial charge in [0.1, 0.15) is 5.75 Å². The average Bonchev–Trinajstić information content (AvgIpc) is 2.40. The van der Waals surface area contributed by atoms with Gasteiger partial charge in [0.25, 0.3) is 0 Å². The molecule has 1 heterocycles. The number of nitrogens with one attached hydrogen (secondary N) is 1. The minimum absolute atomic E-state index is 0.814. The molecule has 18 heavy (non-hydrogen) atoms. The summed E-state index contributed by atoms with van der Waals surface area (Å²) in [5, 5.41) is 3.37. The summed E-state index contributed by atoms with van der Waals surface area (Å²) in [6, 6.07) is 6.38. The fourth-order valence-corrected chi connectivity index (χ4v) is 2.27. The molecule has 1 aromatic rings. The van der Waals surface area contributed by atoms with E-state index in [4.69, 9.17) is 4.74 Å². The van der Waals surface area contributed by atoms with Crippen molar-refractivity contribution in [2.24, 2.45) is 0 Å². The molecule has 2 rings (SSSR count). The standard InChI is InChI=1S/C15H24N2O/c1-13-4-5-14(2)15(12-13)18-11-3-8-17-9-6-16-7-10-17/h4-5,12,16H,3,6-11H2,1-2H3. The van der Waals surface area contributed by atoms with Crippen LogP contribution in [0.3, 0.4) is 0 Å². The van der Waals surface area contributed by atoms with Gasteiger partial charge >= 0.3 is 0 Å². The summed E-state index contributed by atoms with van der Waals surface area (Å²) < 4.78 is 5.87. The zero-order chi connectivity index (χ0) is 12.8. The Morgan fingerprint density at radius 2 is 2.00 bits per heavy atom. The monoisotopic (exact) mass is 248 g/mol. The maximum Gasteiger partial charge on any atom is 0.122 e. The van der Waals surface area contributed by atoms with Gasteiger partial charge in [-0.25, -0.2) is 0 Å². The Kier molecular flexibility index (Phi) is 5.02. The highest BCUT2D eigenvalue weighted by atomic mass is 16.5. The van der Waals surface area contributed by atoms with Crippen molar-refractivity contribution in [3.05, 3.63) is 29.3 Å². The zero-order valence-corrected chi connectivity index (χ0v) is 11.5. The Labute approximate surface area is 110 Å². The summed E-state index contributed by atoms with van der Waals surface area (Å²) in [6.07, 6.45) is 1.10. The van der Waals surface area contributed by atoms with Gasteiger partial charge < -0.3 is 15.0 Å². The largest absolute Gasteiger partial charge is 0.493 e. The SMILES string of the molecule is Cc1ccc(C)c(OCCCN2CCNCC2)c1. The van der Waals surface area contributed by atoms with Crippen molar-refractivity contribution in [2.45, 2.75) is 20.3 Å². The third kappa shape index (κ3) is 4.00. The van der Waals surface area contributed by atoms with Crippen LogP contribution in [0.5, 0.6) is 5.75 Å². The molecule has 100 valence electrons. The van der Waals surface area contributed by atoms with Gasteiger partial charge in [-0.2, -0.15) is 0 Å². The van der Waals surface area contributed by atoms with Crippen LogP contribution in [0, 0.1) is 13.8 Å². The maximum absolute atomic E-state index is 5.87. The van der Waals surface area contributed by atoms with Gasteiger partial charge in [-0.3, -0.25) is 0 Å². The molecule has 3 nitrogen and oxygen atoms in total. The highest BCUT2D eigenvalue weighted by Crippen LogP contribution is 2.19. The number of benzene rings is 1. The average molecular weight is 248 g/mol. The molecule has 0 atom stereocenters. The van der Waals surface area contributed by atoms with E-state index in [1.165, 1.54) is 24.2 Å². The predicted octanol–water partition coefficient (Wildman–Crippen LogP) is 1.98. The molecule has 1 aliphatic heterocycles. The summed E-state index contributed by atoms with van der Waals surface area (Å²) >= 11 is 0. The van der Waals surface area contributed by atoms with Gasteiger partial charge in [0, 0.05) is 32.7 Å². The number of rotatable bonds is 5. The first-order valence-electron chi connectivity index (χ1n) is 6.89. The molecule has 1 fully saturated rings. The second-order valence-electron chi connectivity index (χ2n) is 5.06. The first kappa shape index (κ1) is 13.4. The van der Waals surface area contributed by atoms with Crippen LogP contribution in [0.1, 0.15) is 17.5 Å². The van der Waals surface area contributed by atoms with E-state index in [-0.39, 0.29) is 0 Å². The van der Waals surface area contributed by atoms with Gasteiger partial charge in [-0.15, -0.1) is 0 Å². The van der Waals surface area contributed by atoms with Crippen molar-refractivity contribution in [2.75, 3.05) is 39.3 Å². The van der Waals surface area contributed by atoms with Crippen molar-refractivity contribution in [1.29, 1.82) is 0 Å². The Bertz CT molecular complexity index is 373. The number of aryl methyl sites for hydroxylation is 2. The molecule has 1 saturated heterocycles. The molecule has 0 amide bonds. The topological polar surface area (TPSA) is 24.5 Å². The Balaban J connectivity index is 1.69. The normalized spacial score (nSPS) is 16.8. The minimum Gasteiger partial charge on any atom is -0.493 e. The molecule has 0 aromatic heterocycles. The summed E-state index contributed by atoms with van der Waals surface area (Å²) in [5.41, 5.74) is 2.49. The van der Waals surface area contributed by atoms with Gasteiger partial charge in [0.05, 0.1) is 6.61 Å². The molecule has 3 heteroatoms. The summed E-state index contributed by atoms with van der Waals surface area (Å²) in [6.45, 7) is 10.8. The van der Waals surface area contributed by atoms with E-state index < -0.39 is 0 Å². The van der Waals surface area contributed by atoms with Crippen LogP contribution in [0.2, 0.25) is 0 Å². The lowest BCUT2D eigenvalue weighted by Gasteiger charge is -2.27. The van der Waals surface area contributed by atoms with Gasteiger partial charge in [-0.1, -0.05) is 12.1 Å². The lowest BCUT2D eigenvalue weighted by atomic mass is 10.1. The van der Waals surface area contributed by atoms with E-state index >= 15 is 0 Å². The maximum atomic E-state index is 5.87. The van der Waals surface area contributed by atoms with Gasteiger partial charge in [-0.05, 0) is 37.5 Å². The fraction of sp³-hybridized carbons (Fsp3) is 0.600. The summed E-state index contributed by atoms with van der Waals surface area (Å²) in [5.74, 6) is 1.04. The number of hydrogen-bond acceptors (Lipinski definition) is 3. The number of ether oxygens (including phenoxy) is 1.